The fraction of sp³-hybridized carbons (Fsp3) is 1.00. The van der Waals surface area contributed by atoms with Crippen LogP contribution < -0.4 is 10.6 Å². The molecule has 2 unspecified atom stereocenters. The number of hydrogen-bond acceptors (Lipinski definition) is 2. The van der Waals surface area contributed by atoms with Crippen LogP contribution in [-0.2, 0) is 0 Å². The van der Waals surface area contributed by atoms with Crippen molar-refractivity contribution in [2.24, 2.45) is 34.5 Å². The predicted octanol–water partition coefficient (Wildman–Crippen LogP) is 4.60. The molecule has 4 atom stereocenters. The van der Waals surface area contributed by atoms with Gasteiger partial charge in [-0.15, -0.1) is 0 Å². The van der Waals surface area contributed by atoms with Gasteiger partial charge in [0.15, 0.2) is 0 Å². The molecule has 4 aliphatic rings. The summed E-state index contributed by atoms with van der Waals surface area (Å²) in [7, 11) is 0. The van der Waals surface area contributed by atoms with Crippen LogP contribution in [0.5, 0.6) is 0 Å². The minimum absolute atomic E-state index is 0.705. The van der Waals surface area contributed by atoms with E-state index in [-0.39, 0.29) is 0 Å². The first-order chi connectivity index (χ1) is 11.5. The van der Waals surface area contributed by atoms with Gasteiger partial charge in [-0.2, -0.15) is 0 Å². The summed E-state index contributed by atoms with van der Waals surface area (Å²) in [6.45, 7) is 11.3. The van der Waals surface area contributed by atoms with Crippen LogP contribution in [0.1, 0.15) is 78.6 Å². The van der Waals surface area contributed by atoms with Gasteiger partial charge in [-0.1, -0.05) is 27.2 Å². The third kappa shape index (κ3) is 3.30. The predicted molar refractivity (Wildman–Crippen MR) is 102 cm³/mol. The summed E-state index contributed by atoms with van der Waals surface area (Å²) in [5, 5.41) is 7.71. The van der Waals surface area contributed by atoms with Crippen LogP contribution in [0.25, 0.3) is 0 Å². The maximum atomic E-state index is 4.04. The van der Waals surface area contributed by atoms with E-state index in [0.29, 0.717) is 10.8 Å². The van der Waals surface area contributed by atoms with Crippen LogP contribution in [-0.4, -0.2) is 25.7 Å². The SMILES string of the molecule is CC(C)[C@H]1CNC(CC(C)[C@@H]2CCNCC23CC3)CC2(CCC2)C1. The molecule has 2 heteroatoms. The lowest BCUT2D eigenvalue weighted by atomic mass is 9.60. The molecule has 0 amide bonds. The smallest absolute Gasteiger partial charge is 0.00751 e. The van der Waals surface area contributed by atoms with E-state index in [9.17, 15) is 0 Å². The zero-order valence-electron chi connectivity index (χ0n) is 16.4. The second kappa shape index (κ2) is 6.58. The fourth-order valence-electron chi connectivity index (χ4n) is 6.59. The van der Waals surface area contributed by atoms with Crippen molar-refractivity contribution in [1.29, 1.82) is 0 Å². The van der Waals surface area contributed by atoms with Crippen LogP contribution in [0.15, 0.2) is 0 Å². The molecule has 2 spiro atoms. The average molecular weight is 333 g/mol. The standard InChI is InChI=1S/C22H40N2/c1-16(2)18-12-21(6-4-7-21)13-19(24-14-18)11-17(3)20-5-10-23-15-22(20)8-9-22/h16-20,23-24H,4-15H2,1-3H3/t17?,18-,19?,20+/m1/s1. The Morgan fingerprint density at radius 3 is 2.46 bits per heavy atom. The molecule has 2 heterocycles. The Bertz CT molecular complexity index is 435. The molecule has 2 saturated heterocycles. The highest BCUT2D eigenvalue weighted by molar-refractivity contribution is 5.04. The maximum absolute atomic E-state index is 4.04. The number of piperidine rings is 1. The Hall–Kier alpha value is -0.0800. The summed E-state index contributed by atoms with van der Waals surface area (Å²) in [5.74, 6) is 3.63. The van der Waals surface area contributed by atoms with Gasteiger partial charge in [-0.25, -0.2) is 0 Å². The Labute approximate surface area is 149 Å². The minimum atomic E-state index is 0.705. The molecule has 24 heavy (non-hydrogen) atoms. The normalized spacial score (nSPS) is 38.8. The first kappa shape index (κ1) is 17.3. The molecule has 2 N–H and O–H groups in total. The topological polar surface area (TPSA) is 24.1 Å². The van der Waals surface area contributed by atoms with Crippen LogP contribution in [0.2, 0.25) is 0 Å². The van der Waals surface area contributed by atoms with E-state index in [0.717, 1.165) is 29.7 Å². The molecule has 0 aromatic heterocycles. The van der Waals surface area contributed by atoms with E-state index in [1.165, 1.54) is 77.4 Å². The Morgan fingerprint density at radius 1 is 1.04 bits per heavy atom. The summed E-state index contributed by atoms with van der Waals surface area (Å²) in [4.78, 5) is 0. The van der Waals surface area contributed by atoms with Gasteiger partial charge in [-0.05, 0) is 99.0 Å². The van der Waals surface area contributed by atoms with Crippen LogP contribution in [0, 0.1) is 34.5 Å². The van der Waals surface area contributed by atoms with Crippen molar-refractivity contribution in [2.45, 2.75) is 84.6 Å². The monoisotopic (exact) mass is 332 g/mol. The van der Waals surface area contributed by atoms with Gasteiger partial charge in [0.25, 0.3) is 0 Å². The van der Waals surface area contributed by atoms with Crippen molar-refractivity contribution >= 4 is 0 Å². The summed E-state index contributed by atoms with van der Waals surface area (Å²) in [6.07, 6.45) is 13.3. The summed E-state index contributed by atoms with van der Waals surface area (Å²) in [5.41, 5.74) is 1.42. The highest BCUT2D eigenvalue weighted by Gasteiger charge is 2.52. The van der Waals surface area contributed by atoms with Crippen molar-refractivity contribution in [3.05, 3.63) is 0 Å². The molecule has 2 aliphatic carbocycles. The quantitative estimate of drug-likeness (QED) is 0.786. The zero-order chi connectivity index (χ0) is 16.8. The highest BCUT2D eigenvalue weighted by atomic mass is 14.9. The van der Waals surface area contributed by atoms with Crippen molar-refractivity contribution < 1.29 is 0 Å². The first-order valence-corrected chi connectivity index (χ1v) is 11.0. The molecular formula is C22H40N2. The largest absolute Gasteiger partial charge is 0.316 e. The highest BCUT2D eigenvalue weighted by Crippen LogP contribution is 2.57. The molecule has 2 nitrogen and oxygen atoms in total. The lowest BCUT2D eigenvalue weighted by molar-refractivity contribution is 0.0702. The van der Waals surface area contributed by atoms with Crippen LogP contribution >= 0.6 is 0 Å². The average Bonchev–Trinajstić information content (AvgIpc) is 3.30. The lowest BCUT2D eigenvalue weighted by Gasteiger charge is -2.45. The van der Waals surface area contributed by atoms with Crippen LogP contribution in [0.3, 0.4) is 0 Å². The third-order valence-electron chi connectivity index (χ3n) is 8.53. The van der Waals surface area contributed by atoms with E-state index >= 15 is 0 Å². The van der Waals surface area contributed by atoms with Gasteiger partial charge in [0.1, 0.15) is 0 Å². The molecule has 0 aromatic rings. The minimum Gasteiger partial charge on any atom is -0.316 e. The Morgan fingerprint density at radius 2 is 1.83 bits per heavy atom. The molecule has 2 saturated carbocycles. The Balaban J connectivity index is 1.40. The van der Waals surface area contributed by atoms with Crippen molar-refractivity contribution in [2.75, 3.05) is 19.6 Å². The molecule has 0 bridgehead atoms. The number of hydrogen-bond donors (Lipinski definition) is 2. The van der Waals surface area contributed by atoms with Crippen molar-refractivity contribution in [3.63, 3.8) is 0 Å². The van der Waals surface area contributed by atoms with Gasteiger partial charge in [0.2, 0.25) is 0 Å². The Kier molecular flexibility index (Phi) is 4.75. The number of rotatable bonds is 4. The van der Waals surface area contributed by atoms with Crippen molar-refractivity contribution in [3.8, 4) is 0 Å². The summed E-state index contributed by atoms with van der Waals surface area (Å²) < 4.78 is 0. The number of nitrogens with one attached hydrogen (secondary N) is 2. The molecular weight excluding hydrogens is 292 g/mol. The first-order valence-electron chi connectivity index (χ1n) is 11.0. The van der Waals surface area contributed by atoms with Gasteiger partial charge < -0.3 is 10.6 Å². The van der Waals surface area contributed by atoms with Crippen molar-refractivity contribution in [1.82, 2.24) is 10.6 Å². The van der Waals surface area contributed by atoms with E-state index in [1.807, 2.05) is 0 Å². The summed E-state index contributed by atoms with van der Waals surface area (Å²) >= 11 is 0. The van der Waals surface area contributed by atoms with E-state index in [1.54, 1.807) is 0 Å². The summed E-state index contributed by atoms with van der Waals surface area (Å²) in [6, 6.07) is 0.787. The van der Waals surface area contributed by atoms with Gasteiger partial charge in [0, 0.05) is 12.6 Å². The van der Waals surface area contributed by atoms with E-state index in [4.69, 9.17) is 0 Å². The van der Waals surface area contributed by atoms with Crippen LogP contribution in [0.4, 0.5) is 0 Å². The molecule has 0 radical (unpaired) electrons. The van der Waals surface area contributed by atoms with Gasteiger partial charge in [0.05, 0.1) is 0 Å². The molecule has 2 aliphatic heterocycles. The lowest BCUT2D eigenvalue weighted by Crippen LogP contribution is -2.43. The molecule has 0 aromatic carbocycles. The van der Waals surface area contributed by atoms with E-state index in [2.05, 4.69) is 31.4 Å². The second-order valence-electron chi connectivity index (χ2n) is 10.5. The molecule has 4 fully saturated rings. The maximum Gasteiger partial charge on any atom is 0.00751 e. The molecule has 4 rings (SSSR count). The fourth-order valence-corrected chi connectivity index (χ4v) is 6.59. The van der Waals surface area contributed by atoms with Gasteiger partial charge >= 0.3 is 0 Å². The third-order valence-corrected chi connectivity index (χ3v) is 8.53. The second-order valence-corrected chi connectivity index (χ2v) is 10.5. The zero-order valence-corrected chi connectivity index (χ0v) is 16.4. The van der Waals surface area contributed by atoms with E-state index < -0.39 is 0 Å². The molecule has 138 valence electrons. The van der Waals surface area contributed by atoms with Gasteiger partial charge in [-0.3, -0.25) is 0 Å².